The van der Waals surface area contributed by atoms with Crippen LogP contribution in [0.4, 0.5) is 0 Å². The van der Waals surface area contributed by atoms with Crippen molar-refractivity contribution in [2.24, 2.45) is 7.05 Å². The first-order valence-corrected chi connectivity index (χ1v) is 8.65. The van der Waals surface area contributed by atoms with Crippen LogP contribution in [0.2, 0.25) is 5.02 Å². The van der Waals surface area contributed by atoms with Gasteiger partial charge in [-0.3, -0.25) is 4.79 Å². The molecule has 0 radical (unpaired) electrons. The number of carbonyl (C=O) groups is 1. The Kier molecular flexibility index (Phi) is 4.83. The molecule has 3 aromatic rings. The van der Waals surface area contributed by atoms with Gasteiger partial charge in [-0.2, -0.15) is 5.10 Å². The maximum atomic E-state index is 12.8. The van der Waals surface area contributed by atoms with Gasteiger partial charge in [0.15, 0.2) is 5.69 Å². The summed E-state index contributed by atoms with van der Waals surface area (Å²) in [5.74, 6) is -0.0345. The number of nitrogens with zero attached hydrogens (tertiary/aromatic N) is 2. The Bertz CT molecular complexity index is 1070. The van der Waals surface area contributed by atoms with Crippen molar-refractivity contribution in [3.05, 3.63) is 68.6 Å². The molecule has 0 saturated heterocycles. The van der Waals surface area contributed by atoms with Gasteiger partial charge in [0.2, 0.25) is 0 Å². The topological polar surface area (TPSA) is 61.2 Å². The molecular formula is C20H19ClN2O3. The first-order valence-electron chi connectivity index (χ1n) is 8.28. The van der Waals surface area contributed by atoms with Crippen LogP contribution >= 0.6 is 11.6 Å². The summed E-state index contributed by atoms with van der Waals surface area (Å²) >= 11 is 6.21. The van der Waals surface area contributed by atoms with Crippen LogP contribution in [0.5, 0.6) is 5.75 Å². The van der Waals surface area contributed by atoms with Gasteiger partial charge in [-0.1, -0.05) is 43.6 Å². The third-order valence-electron chi connectivity index (χ3n) is 4.27. The van der Waals surface area contributed by atoms with E-state index in [9.17, 15) is 9.59 Å². The Morgan fingerprint density at radius 2 is 1.85 bits per heavy atom. The molecule has 0 aliphatic heterocycles. The van der Waals surface area contributed by atoms with E-state index in [1.165, 1.54) is 7.05 Å². The summed E-state index contributed by atoms with van der Waals surface area (Å²) in [7, 11) is 1.51. The lowest BCUT2D eigenvalue weighted by Gasteiger charge is -2.15. The molecule has 0 unspecified atom stereocenters. The molecule has 0 N–H and O–H groups in total. The lowest BCUT2D eigenvalue weighted by atomic mass is 10.0. The van der Waals surface area contributed by atoms with Crippen molar-refractivity contribution in [1.29, 1.82) is 0 Å². The second-order valence-corrected chi connectivity index (χ2v) is 6.91. The second kappa shape index (κ2) is 6.92. The molecule has 0 aliphatic carbocycles. The minimum Gasteiger partial charge on any atom is -0.421 e. The van der Waals surface area contributed by atoms with Crippen LogP contribution in [0, 0.1) is 6.92 Å². The monoisotopic (exact) mass is 370 g/mol. The number of carbonyl (C=O) groups excluding carboxylic acids is 1. The SMILES string of the molecule is Cc1cc(OC(=O)c2nn(C)c(=O)c3ccccc23)c(C(C)C)cc1Cl. The summed E-state index contributed by atoms with van der Waals surface area (Å²) in [6, 6.07) is 10.4. The fourth-order valence-corrected chi connectivity index (χ4v) is 2.98. The average Bonchev–Trinajstić information content (AvgIpc) is 2.60. The first kappa shape index (κ1) is 18.1. The van der Waals surface area contributed by atoms with Gasteiger partial charge in [-0.25, -0.2) is 9.48 Å². The molecule has 1 aromatic heterocycles. The van der Waals surface area contributed by atoms with Gasteiger partial charge in [0, 0.05) is 17.5 Å². The summed E-state index contributed by atoms with van der Waals surface area (Å²) < 4.78 is 6.80. The van der Waals surface area contributed by atoms with Crippen molar-refractivity contribution in [1.82, 2.24) is 9.78 Å². The minimum absolute atomic E-state index is 0.102. The number of aromatic nitrogens is 2. The summed E-state index contributed by atoms with van der Waals surface area (Å²) in [6.45, 7) is 5.85. The number of rotatable bonds is 3. The van der Waals surface area contributed by atoms with Gasteiger partial charge in [0.1, 0.15) is 5.75 Å². The van der Waals surface area contributed by atoms with Crippen molar-refractivity contribution < 1.29 is 9.53 Å². The van der Waals surface area contributed by atoms with Gasteiger partial charge in [0.25, 0.3) is 5.56 Å². The fraction of sp³-hybridized carbons (Fsp3) is 0.250. The van der Waals surface area contributed by atoms with E-state index in [2.05, 4.69) is 5.10 Å². The molecule has 0 atom stereocenters. The lowest BCUT2D eigenvalue weighted by Crippen LogP contribution is -2.24. The molecular weight excluding hydrogens is 352 g/mol. The van der Waals surface area contributed by atoms with Crippen molar-refractivity contribution in [3.63, 3.8) is 0 Å². The van der Waals surface area contributed by atoms with Gasteiger partial charge in [-0.15, -0.1) is 0 Å². The quantitative estimate of drug-likeness (QED) is 0.511. The molecule has 0 saturated carbocycles. The van der Waals surface area contributed by atoms with Gasteiger partial charge >= 0.3 is 5.97 Å². The Labute approximate surface area is 156 Å². The number of fused-ring (bicyclic) bond motifs is 1. The van der Waals surface area contributed by atoms with Crippen LogP contribution in [0.3, 0.4) is 0 Å². The second-order valence-electron chi connectivity index (χ2n) is 6.51. The zero-order valence-electron chi connectivity index (χ0n) is 15.0. The first-order chi connectivity index (χ1) is 12.3. The Morgan fingerprint density at radius 3 is 2.50 bits per heavy atom. The minimum atomic E-state index is -0.611. The van der Waals surface area contributed by atoms with Crippen molar-refractivity contribution in [3.8, 4) is 5.75 Å². The predicted molar refractivity (Wildman–Crippen MR) is 102 cm³/mol. The van der Waals surface area contributed by atoms with Crippen molar-refractivity contribution in [2.75, 3.05) is 0 Å². The highest BCUT2D eigenvalue weighted by Crippen LogP contribution is 2.32. The molecule has 26 heavy (non-hydrogen) atoms. The zero-order valence-corrected chi connectivity index (χ0v) is 15.8. The van der Waals surface area contributed by atoms with Gasteiger partial charge < -0.3 is 4.74 Å². The number of esters is 1. The molecule has 3 rings (SSSR count). The van der Waals surface area contributed by atoms with Gasteiger partial charge in [0.05, 0.1) is 5.39 Å². The molecule has 0 aliphatic rings. The van der Waals surface area contributed by atoms with E-state index >= 15 is 0 Å². The number of hydrogen-bond donors (Lipinski definition) is 0. The smallest absolute Gasteiger partial charge is 0.364 e. The molecule has 2 aromatic carbocycles. The Morgan fingerprint density at radius 1 is 1.19 bits per heavy atom. The van der Waals surface area contributed by atoms with E-state index in [-0.39, 0.29) is 17.2 Å². The average molecular weight is 371 g/mol. The maximum absolute atomic E-state index is 12.8. The number of halogens is 1. The van der Waals surface area contributed by atoms with E-state index in [0.29, 0.717) is 21.5 Å². The van der Waals surface area contributed by atoms with Crippen LogP contribution < -0.4 is 10.3 Å². The standard InChI is InChI=1S/C20H19ClN2O3/c1-11(2)15-10-16(21)12(3)9-17(15)26-20(25)18-13-7-5-6-8-14(13)19(24)23(4)22-18/h5-11H,1-4H3. The normalized spacial score (nSPS) is 11.2. The number of ether oxygens (including phenoxy) is 1. The fourth-order valence-electron chi connectivity index (χ4n) is 2.81. The third kappa shape index (κ3) is 3.22. The molecule has 5 nitrogen and oxygen atoms in total. The van der Waals surface area contributed by atoms with Crippen molar-refractivity contribution in [2.45, 2.75) is 26.7 Å². The van der Waals surface area contributed by atoms with E-state index in [1.54, 1.807) is 30.3 Å². The molecule has 134 valence electrons. The summed E-state index contributed by atoms with van der Waals surface area (Å²) in [4.78, 5) is 25.1. The highest BCUT2D eigenvalue weighted by molar-refractivity contribution is 6.31. The van der Waals surface area contributed by atoms with E-state index in [1.807, 2.05) is 26.8 Å². The molecule has 0 bridgehead atoms. The summed E-state index contributed by atoms with van der Waals surface area (Å²) in [5, 5.41) is 5.63. The highest BCUT2D eigenvalue weighted by Gasteiger charge is 2.20. The summed E-state index contributed by atoms with van der Waals surface area (Å²) in [5.41, 5.74) is 1.49. The largest absolute Gasteiger partial charge is 0.421 e. The van der Waals surface area contributed by atoms with Crippen LogP contribution in [-0.2, 0) is 7.05 Å². The van der Waals surface area contributed by atoms with E-state index < -0.39 is 5.97 Å². The molecule has 0 amide bonds. The molecule has 1 heterocycles. The lowest BCUT2D eigenvalue weighted by molar-refractivity contribution is 0.0726. The Hall–Kier alpha value is -2.66. The Balaban J connectivity index is 2.10. The van der Waals surface area contributed by atoms with Gasteiger partial charge in [-0.05, 0) is 42.2 Å². The maximum Gasteiger partial charge on any atom is 0.364 e. The van der Waals surface area contributed by atoms with E-state index in [0.717, 1.165) is 15.8 Å². The molecule has 0 fully saturated rings. The third-order valence-corrected chi connectivity index (χ3v) is 4.67. The summed E-state index contributed by atoms with van der Waals surface area (Å²) in [6.07, 6.45) is 0. The highest BCUT2D eigenvalue weighted by atomic mass is 35.5. The number of benzene rings is 2. The molecule has 6 heteroatoms. The van der Waals surface area contributed by atoms with Crippen molar-refractivity contribution >= 4 is 28.3 Å². The van der Waals surface area contributed by atoms with E-state index in [4.69, 9.17) is 16.3 Å². The zero-order chi connectivity index (χ0) is 19.0. The van der Waals surface area contributed by atoms with Crippen LogP contribution in [0.15, 0.2) is 41.2 Å². The van der Waals surface area contributed by atoms with Crippen LogP contribution in [0.25, 0.3) is 10.8 Å². The molecule has 0 spiro atoms. The number of hydrogen-bond acceptors (Lipinski definition) is 4. The van der Waals surface area contributed by atoms with Crippen LogP contribution in [0.1, 0.15) is 41.4 Å². The predicted octanol–water partition coefficient (Wildman–Crippen LogP) is 4.24. The number of aryl methyl sites for hydroxylation is 2. The van der Waals surface area contributed by atoms with Crippen LogP contribution in [-0.4, -0.2) is 15.7 Å².